The zero-order valence-electron chi connectivity index (χ0n) is 24.3. The maximum absolute atomic E-state index is 9.67. The summed E-state index contributed by atoms with van der Waals surface area (Å²) in [4.78, 5) is 15.2. The molecule has 218 valence electrons. The molecule has 0 saturated carbocycles. The van der Waals surface area contributed by atoms with Crippen LogP contribution in [0.3, 0.4) is 0 Å². The topological polar surface area (TPSA) is 56.7 Å². The van der Waals surface area contributed by atoms with Crippen LogP contribution < -0.4 is 10.6 Å². The number of likely N-dealkylation sites (N-methyl/N-ethyl adjacent to an activating group) is 1. The van der Waals surface area contributed by atoms with Gasteiger partial charge in [0.15, 0.2) is 0 Å². The first-order valence-corrected chi connectivity index (χ1v) is 13.6. The third kappa shape index (κ3) is 11.0. The highest BCUT2D eigenvalue weighted by Gasteiger charge is 2.26. The second-order valence-electron chi connectivity index (χ2n) is 8.38. The molecular weight excluding hydrogens is 525 g/mol. The number of hydrogen-bond acceptors (Lipinski definition) is 5. The van der Waals surface area contributed by atoms with Crippen molar-refractivity contribution in [1.29, 1.82) is 0 Å². The van der Waals surface area contributed by atoms with Crippen LogP contribution in [0.4, 0.5) is 18.9 Å². The number of carbonyl (C=O) groups is 1. The van der Waals surface area contributed by atoms with Crippen LogP contribution in [0.1, 0.15) is 78.4 Å². The van der Waals surface area contributed by atoms with Crippen LogP contribution in [-0.4, -0.2) is 37.4 Å². The third-order valence-corrected chi connectivity index (χ3v) is 6.09. The highest BCUT2D eigenvalue weighted by atomic mass is 35.5. The Morgan fingerprint density at radius 1 is 1.15 bits per heavy atom. The summed E-state index contributed by atoms with van der Waals surface area (Å²) in [5.74, 6) is 1.02. The maximum atomic E-state index is 9.67. The minimum Gasteiger partial charge on any atom is -0.372 e. The number of alkyl halides is 3. The number of fused-ring (bicyclic) bond motifs is 1. The van der Waals surface area contributed by atoms with Crippen LogP contribution in [0.5, 0.6) is 0 Å². The number of aliphatic imine (C=N–C) groups is 1. The van der Waals surface area contributed by atoms with Crippen molar-refractivity contribution in [2.24, 2.45) is 4.99 Å². The van der Waals surface area contributed by atoms with Gasteiger partial charge >= 0.3 is 6.68 Å². The van der Waals surface area contributed by atoms with Crippen molar-refractivity contribution < 1.29 is 18.0 Å². The summed E-state index contributed by atoms with van der Waals surface area (Å²) in [5.41, 5.74) is 7.86. The lowest BCUT2D eigenvalue weighted by Gasteiger charge is -2.32. The lowest BCUT2D eigenvalue weighted by molar-refractivity contribution is -0.0980. The molecular formula is C30H44ClF3N4O. The summed E-state index contributed by atoms with van der Waals surface area (Å²) < 4.78 is 29.0. The fourth-order valence-electron chi connectivity index (χ4n) is 4.22. The zero-order chi connectivity index (χ0) is 30.1. The van der Waals surface area contributed by atoms with Crippen LogP contribution in [-0.2, 0) is 11.3 Å². The van der Waals surface area contributed by atoms with Gasteiger partial charge in [-0.1, -0.05) is 58.0 Å². The van der Waals surface area contributed by atoms with E-state index in [1.807, 2.05) is 59.9 Å². The minimum absolute atomic E-state index is 0.104. The molecule has 4 rings (SSSR count). The Balaban J connectivity index is 0.00000128. The Kier molecular flexibility index (Phi) is 17.9. The molecule has 1 aromatic rings. The van der Waals surface area contributed by atoms with Crippen LogP contribution in [0.2, 0.25) is 5.02 Å². The average Bonchev–Trinajstić information content (AvgIpc) is 2.94. The predicted molar refractivity (Wildman–Crippen MR) is 160 cm³/mol. The van der Waals surface area contributed by atoms with Crippen LogP contribution in [0.15, 0.2) is 58.8 Å². The Hall–Kier alpha value is -2.84. The van der Waals surface area contributed by atoms with Gasteiger partial charge in [0.05, 0.1) is 11.9 Å². The van der Waals surface area contributed by atoms with Crippen molar-refractivity contribution in [3.05, 3.63) is 69.9 Å². The Morgan fingerprint density at radius 2 is 1.77 bits per heavy atom. The summed E-state index contributed by atoms with van der Waals surface area (Å²) in [5, 5.41) is 7.72. The van der Waals surface area contributed by atoms with E-state index in [0.29, 0.717) is 11.6 Å². The molecule has 0 bridgehead atoms. The number of amidine groups is 1. The van der Waals surface area contributed by atoms with Crippen molar-refractivity contribution in [1.82, 2.24) is 15.5 Å². The molecule has 0 radical (unpaired) electrons. The van der Waals surface area contributed by atoms with Gasteiger partial charge in [0, 0.05) is 36.1 Å². The Bertz CT molecular complexity index is 1050. The van der Waals surface area contributed by atoms with Gasteiger partial charge in [-0.15, -0.1) is 0 Å². The molecule has 3 aliphatic rings. The zero-order valence-corrected chi connectivity index (χ0v) is 25.1. The summed E-state index contributed by atoms with van der Waals surface area (Å²) in [6.07, 6.45) is 11.4. The largest absolute Gasteiger partial charge is 0.379 e. The summed E-state index contributed by atoms with van der Waals surface area (Å²) in [7, 11) is 2.05. The quantitative estimate of drug-likeness (QED) is 0.381. The molecule has 0 saturated heterocycles. The van der Waals surface area contributed by atoms with E-state index >= 15 is 0 Å². The minimum atomic E-state index is -3.67. The smallest absolute Gasteiger partial charge is 0.372 e. The van der Waals surface area contributed by atoms with Crippen LogP contribution in [0, 0.1) is 0 Å². The SMILES string of the molecule is C=C1c2cc(Cl)cc(CNC3NC=C(C)C=C3C)c2N=C(C2=CCCCC2)N1C.C=O.CC.CC.FC(F)F. The molecule has 2 heterocycles. The van der Waals surface area contributed by atoms with E-state index in [4.69, 9.17) is 21.4 Å². The molecule has 39 heavy (non-hydrogen) atoms. The third-order valence-electron chi connectivity index (χ3n) is 5.87. The molecule has 1 unspecified atom stereocenters. The second-order valence-corrected chi connectivity index (χ2v) is 8.82. The van der Waals surface area contributed by atoms with Crippen molar-refractivity contribution in [2.45, 2.75) is 86.6 Å². The molecule has 0 fully saturated rings. The fraction of sp³-hybridized carbons (Fsp3) is 0.467. The predicted octanol–water partition coefficient (Wildman–Crippen LogP) is 8.70. The molecule has 2 N–H and O–H groups in total. The number of hydrogen-bond donors (Lipinski definition) is 2. The van der Waals surface area contributed by atoms with E-state index in [1.165, 1.54) is 29.6 Å². The normalized spacial score (nSPS) is 17.4. The van der Waals surface area contributed by atoms with Gasteiger partial charge in [0.1, 0.15) is 12.6 Å². The van der Waals surface area contributed by atoms with E-state index in [1.54, 1.807) is 0 Å². The van der Waals surface area contributed by atoms with Gasteiger partial charge < -0.3 is 15.0 Å². The number of halogens is 4. The molecule has 5 nitrogen and oxygen atoms in total. The highest BCUT2D eigenvalue weighted by molar-refractivity contribution is 6.31. The Morgan fingerprint density at radius 3 is 2.31 bits per heavy atom. The molecule has 1 aromatic carbocycles. The van der Waals surface area contributed by atoms with Crippen molar-refractivity contribution in [3.8, 4) is 0 Å². The molecule has 1 aliphatic carbocycles. The van der Waals surface area contributed by atoms with E-state index in [2.05, 4.69) is 48.1 Å². The van der Waals surface area contributed by atoms with E-state index in [9.17, 15) is 13.2 Å². The first kappa shape index (κ1) is 36.2. The van der Waals surface area contributed by atoms with Crippen molar-refractivity contribution >= 4 is 35.6 Å². The van der Waals surface area contributed by atoms with Crippen LogP contribution >= 0.6 is 11.6 Å². The van der Waals surface area contributed by atoms with Gasteiger partial charge in [0.2, 0.25) is 0 Å². The molecule has 1 atom stereocenters. The first-order valence-electron chi connectivity index (χ1n) is 13.3. The van der Waals surface area contributed by atoms with Gasteiger partial charge in [-0.25, -0.2) is 4.99 Å². The Labute approximate surface area is 237 Å². The summed E-state index contributed by atoms with van der Waals surface area (Å²) >= 11 is 6.47. The second kappa shape index (κ2) is 19.3. The maximum Gasteiger partial charge on any atom is 0.379 e. The van der Waals surface area contributed by atoms with E-state index in [-0.39, 0.29) is 6.17 Å². The number of carbonyl (C=O) groups excluding carboxylic acids is 1. The van der Waals surface area contributed by atoms with Crippen molar-refractivity contribution in [2.75, 3.05) is 7.05 Å². The summed E-state index contributed by atoms with van der Waals surface area (Å²) in [6, 6.07) is 4.00. The molecule has 2 aliphatic heterocycles. The number of nitrogens with zero attached hydrogens (tertiary/aromatic N) is 2. The average molecular weight is 569 g/mol. The monoisotopic (exact) mass is 568 g/mol. The van der Waals surface area contributed by atoms with Gasteiger partial charge in [-0.3, -0.25) is 5.32 Å². The molecule has 9 heteroatoms. The van der Waals surface area contributed by atoms with E-state index < -0.39 is 6.68 Å². The van der Waals surface area contributed by atoms with E-state index in [0.717, 1.165) is 41.2 Å². The summed E-state index contributed by atoms with van der Waals surface area (Å²) in [6.45, 7) is 15.6. The standard InChI is InChI=1S/C24H29ClN4.2C2H6.CHF3.CH2O/c1-15-10-16(2)23(26-13-15)27-14-19-11-20(25)12-21-17(3)29(4)24(28-22(19)21)18-8-6-5-7-9-18;2*1-2;2-1(3)4;1-2/h8,10-13,23,26-27H,3,5-7,9,14H2,1-2,4H3;2*1-2H3;1H;1H2. The number of benzene rings is 1. The highest BCUT2D eigenvalue weighted by Crippen LogP contribution is 2.39. The van der Waals surface area contributed by atoms with Gasteiger partial charge in [-0.2, -0.15) is 13.2 Å². The van der Waals surface area contributed by atoms with Crippen LogP contribution in [0.25, 0.3) is 5.70 Å². The molecule has 0 amide bonds. The molecule has 0 spiro atoms. The van der Waals surface area contributed by atoms with Gasteiger partial charge in [-0.05, 0) is 73.9 Å². The first-order chi connectivity index (χ1) is 18.7. The number of dihydropyridines is 1. The van der Waals surface area contributed by atoms with Crippen molar-refractivity contribution in [3.63, 3.8) is 0 Å². The lowest BCUT2D eigenvalue weighted by atomic mass is 9.95. The number of nitrogens with one attached hydrogen (secondary N) is 2. The fourth-order valence-corrected chi connectivity index (χ4v) is 4.46. The number of allylic oxidation sites excluding steroid dienone is 3. The lowest BCUT2D eigenvalue weighted by Crippen LogP contribution is -2.41. The van der Waals surface area contributed by atoms with Gasteiger partial charge in [0.25, 0.3) is 0 Å². The molecule has 0 aromatic heterocycles. The number of rotatable bonds is 4.